The van der Waals surface area contributed by atoms with Crippen LogP contribution < -0.4 is 15.7 Å². The number of nitrogens with one attached hydrogen (secondary N) is 1. The van der Waals surface area contributed by atoms with Crippen molar-refractivity contribution in [3.05, 3.63) is 160 Å². The van der Waals surface area contributed by atoms with Crippen LogP contribution in [0.1, 0.15) is 59.5 Å². The standard InChI is InChI=1S/C41H39N3O8/c1-28(45)18-23-38(46)52-34-26-37(44-25-24-36(43-40(44)48)42-39(47)29-19-21-33(49-2)22-20-29)51-35(34)27-50-41(30-12-6-3-7-13-30,31-14-8-4-9-15-31)32-16-10-5-11-17-32/h3-17,19-22,24-25,34-35,37H,18,23,26-27H2,1-2H3,(H,42,43,47,48)/t34-,35-,37-/m0/s1. The molecular formula is C41H39N3O8. The van der Waals surface area contributed by atoms with E-state index in [1.807, 2.05) is 91.0 Å². The minimum Gasteiger partial charge on any atom is -0.497 e. The topological polar surface area (TPSA) is 135 Å². The average molecular weight is 702 g/mol. The molecule has 1 fully saturated rings. The van der Waals surface area contributed by atoms with Crippen molar-refractivity contribution in [2.75, 3.05) is 19.0 Å². The summed E-state index contributed by atoms with van der Waals surface area (Å²) in [7, 11) is 1.53. The maximum atomic E-state index is 13.3. The van der Waals surface area contributed by atoms with Crippen molar-refractivity contribution >= 4 is 23.5 Å². The summed E-state index contributed by atoms with van der Waals surface area (Å²) in [6.07, 6.45) is -0.934. The zero-order valence-electron chi connectivity index (χ0n) is 28.8. The van der Waals surface area contributed by atoms with E-state index >= 15 is 0 Å². The molecule has 2 heterocycles. The maximum absolute atomic E-state index is 13.3. The third kappa shape index (κ3) is 8.17. The van der Waals surface area contributed by atoms with Crippen molar-refractivity contribution in [2.24, 2.45) is 0 Å². The molecule has 0 aliphatic carbocycles. The van der Waals surface area contributed by atoms with Gasteiger partial charge in [0.05, 0.1) is 20.1 Å². The number of amides is 1. The number of carbonyl (C=O) groups is 3. The lowest BCUT2D eigenvalue weighted by Crippen LogP contribution is -2.39. The molecule has 1 aromatic heterocycles. The van der Waals surface area contributed by atoms with Crippen LogP contribution in [0.25, 0.3) is 0 Å². The number of hydrogen-bond donors (Lipinski definition) is 1. The number of Topliss-reactive ketones (excluding diaryl/α,β-unsaturated/α-hetero) is 1. The molecule has 52 heavy (non-hydrogen) atoms. The first-order chi connectivity index (χ1) is 25.3. The average Bonchev–Trinajstić information content (AvgIpc) is 3.57. The number of anilines is 1. The Kier molecular flexibility index (Phi) is 11.3. The van der Waals surface area contributed by atoms with E-state index in [0.29, 0.717) is 11.3 Å². The van der Waals surface area contributed by atoms with Crippen molar-refractivity contribution in [1.29, 1.82) is 0 Å². The second kappa shape index (κ2) is 16.4. The molecule has 266 valence electrons. The molecule has 1 aliphatic rings. The van der Waals surface area contributed by atoms with Crippen LogP contribution in [0.4, 0.5) is 5.82 Å². The van der Waals surface area contributed by atoms with E-state index in [9.17, 15) is 19.2 Å². The lowest BCUT2D eigenvalue weighted by Gasteiger charge is -2.37. The summed E-state index contributed by atoms with van der Waals surface area (Å²) < 4.78 is 25.8. The maximum Gasteiger partial charge on any atom is 0.351 e. The predicted molar refractivity (Wildman–Crippen MR) is 193 cm³/mol. The van der Waals surface area contributed by atoms with Gasteiger partial charge in [-0.05, 0) is 53.9 Å². The molecular weight excluding hydrogens is 662 g/mol. The molecule has 11 heteroatoms. The lowest BCUT2D eigenvalue weighted by molar-refractivity contribution is -0.156. The van der Waals surface area contributed by atoms with Crippen molar-refractivity contribution in [3.8, 4) is 5.75 Å². The molecule has 1 saturated heterocycles. The number of rotatable bonds is 14. The third-order valence-electron chi connectivity index (χ3n) is 8.88. The Morgan fingerprint density at radius 1 is 0.827 bits per heavy atom. The molecule has 6 rings (SSSR count). The fourth-order valence-corrected chi connectivity index (χ4v) is 6.26. The predicted octanol–water partition coefficient (Wildman–Crippen LogP) is 6.08. The van der Waals surface area contributed by atoms with Gasteiger partial charge in [-0.2, -0.15) is 4.98 Å². The molecule has 11 nitrogen and oxygen atoms in total. The van der Waals surface area contributed by atoms with Gasteiger partial charge in [0.2, 0.25) is 0 Å². The van der Waals surface area contributed by atoms with Gasteiger partial charge in [-0.1, -0.05) is 91.0 Å². The van der Waals surface area contributed by atoms with Gasteiger partial charge in [0.1, 0.15) is 41.4 Å². The third-order valence-corrected chi connectivity index (χ3v) is 8.88. The zero-order valence-corrected chi connectivity index (χ0v) is 28.8. The number of ether oxygens (including phenoxy) is 4. The number of methoxy groups -OCH3 is 1. The van der Waals surface area contributed by atoms with Gasteiger partial charge < -0.3 is 29.1 Å². The van der Waals surface area contributed by atoms with Gasteiger partial charge in [-0.3, -0.25) is 14.2 Å². The molecule has 5 aromatic rings. The summed E-state index contributed by atoms with van der Waals surface area (Å²) in [6.45, 7) is 1.38. The Morgan fingerprint density at radius 2 is 1.40 bits per heavy atom. The fourth-order valence-electron chi connectivity index (χ4n) is 6.26. The van der Waals surface area contributed by atoms with Crippen LogP contribution in [0.5, 0.6) is 5.75 Å². The Bertz CT molecular complexity index is 1940. The summed E-state index contributed by atoms with van der Waals surface area (Å²) >= 11 is 0. The molecule has 3 atom stereocenters. The first-order valence-corrected chi connectivity index (χ1v) is 17.0. The summed E-state index contributed by atoms with van der Waals surface area (Å²) in [4.78, 5) is 54.8. The largest absolute Gasteiger partial charge is 0.497 e. The van der Waals surface area contributed by atoms with E-state index in [0.717, 1.165) is 16.7 Å². The Hall–Kier alpha value is -5.91. The SMILES string of the molecule is COc1ccc(C(=O)Nc2ccn([C@@H]3C[C@H](OC(=O)CCC(C)=O)[C@H](COC(c4ccccc4)(c4ccccc4)c4ccccc4)O3)c(=O)n2)cc1. The highest BCUT2D eigenvalue weighted by atomic mass is 16.6. The second-order valence-corrected chi connectivity index (χ2v) is 12.4. The van der Waals surface area contributed by atoms with E-state index in [2.05, 4.69) is 10.3 Å². The van der Waals surface area contributed by atoms with E-state index in [1.54, 1.807) is 24.3 Å². The van der Waals surface area contributed by atoms with Gasteiger partial charge in [0.25, 0.3) is 5.91 Å². The number of ketones is 1. The molecule has 1 amide bonds. The van der Waals surface area contributed by atoms with E-state index in [-0.39, 0.29) is 37.5 Å². The van der Waals surface area contributed by atoms with Crippen LogP contribution in [0.3, 0.4) is 0 Å². The summed E-state index contributed by atoms with van der Waals surface area (Å²) in [5.41, 5.74) is 1.25. The molecule has 1 aliphatic heterocycles. The first kappa shape index (κ1) is 35.9. The Labute approximate surface area is 301 Å². The lowest BCUT2D eigenvalue weighted by atomic mass is 9.80. The van der Waals surface area contributed by atoms with Gasteiger partial charge in [0, 0.05) is 24.6 Å². The fraction of sp³-hybridized carbons (Fsp3) is 0.244. The van der Waals surface area contributed by atoms with Crippen molar-refractivity contribution in [1.82, 2.24) is 9.55 Å². The van der Waals surface area contributed by atoms with Crippen molar-refractivity contribution in [2.45, 2.75) is 50.2 Å². The highest BCUT2D eigenvalue weighted by Gasteiger charge is 2.44. The molecule has 0 saturated carbocycles. The quantitative estimate of drug-likeness (QED) is 0.108. The van der Waals surface area contributed by atoms with E-state index in [1.165, 1.54) is 30.9 Å². The number of aromatic nitrogens is 2. The molecule has 1 N–H and O–H groups in total. The van der Waals surface area contributed by atoms with Crippen LogP contribution in [0.15, 0.2) is 132 Å². The van der Waals surface area contributed by atoms with Crippen LogP contribution in [0, 0.1) is 0 Å². The normalized spacial score (nSPS) is 16.9. The monoisotopic (exact) mass is 701 g/mol. The smallest absolute Gasteiger partial charge is 0.351 e. The molecule has 0 unspecified atom stereocenters. The van der Waals surface area contributed by atoms with Crippen LogP contribution >= 0.6 is 0 Å². The van der Waals surface area contributed by atoms with Gasteiger partial charge in [0.15, 0.2) is 0 Å². The molecule has 0 radical (unpaired) electrons. The summed E-state index contributed by atoms with van der Waals surface area (Å²) in [6, 6.07) is 37.5. The number of carbonyl (C=O) groups excluding carboxylic acids is 3. The van der Waals surface area contributed by atoms with Crippen molar-refractivity contribution < 1.29 is 33.3 Å². The molecule has 0 spiro atoms. The zero-order chi connectivity index (χ0) is 36.5. The minimum atomic E-state index is -1.07. The number of nitrogens with zero attached hydrogens (tertiary/aromatic N) is 2. The van der Waals surface area contributed by atoms with Gasteiger partial charge in [-0.25, -0.2) is 4.79 Å². The summed E-state index contributed by atoms with van der Waals surface area (Å²) in [5.74, 6) is -0.473. The Balaban J connectivity index is 1.28. The van der Waals surface area contributed by atoms with Crippen molar-refractivity contribution in [3.63, 3.8) is 0 Å². The first-order valence-electron chi connectivity index (χ1n) is 17.0. The molecule has 0 bridgehead atoms. The van der Waals surface area contributed by atoms with Gasteiger partial charge >= 0.3 is 11.7 Å². The highest BCUT2D eigenvalue weighted by molar-refractivity contribution is 6.03. The van der Waals surface area contributed by atoms with Crippen LogP contribution in [0.2, 0.25) is 0 Å². The summed E-state index contributed by atoms with van der Waals surface area (Å²) in [5, 5.41) is 2.64. The second-order valence-electron chi connectivity index (χ2n) is 12.4. The van der Waals surface area contributed by atoms with E-state index in [4.69, 9.17) is 18.9 Å². The number of esters is 1. The minimum absolute atomic E-state index is 0.0297. The van der Waals surface area contributed by atoms with Crippen LogP contribution in [-0.2, 0) is 29.4 Å². The highest BCUT2D eigenvalue weighted by Crippen LogP contribution is 2.42. The Morgan fingerprint density at radius 3 is 1.92 bits per heavy atom. The van der Waals surface area contributed by atoms with Crippen LogP contribution in [-0.4, -0.2) is 53.1 Å². The number of hydrogen-bond acceptors (Lipinski definition) is 9. The van der Waals surface area contributed by atoms with Gasteiger partial charge in [-0.15, -0.1) is 0 Å². The van der Waals surface area contributed by atoms with E-state index < -0.39 is 41.6 Å². The number of benzene rings is 4. The molecule has 4 aromatic carbocycles.